The highest BCUT2D eigenvalue weighted by molar-refractivity contribution is 6.06. The van der Waals surface area contributed by atoms with Gasteiger partial charge in [-0.25, -0.2) is 4.98 Å². The van der Waals surface area contributed by atoms with Crippen molar-refractivity contribution in [3.8, 4) is 22.6 Å². The molecule has 0 saturated heterocycles. The summed E-state index contributed by atoms with van der Waals surface area (Å²) in [7, 11) is 0. The maximum Gasteiger partial charge on any atom is 0.227 e. The van der Waals surface area contributed by atoms with E-state index in [-0.39, 0.29) is 5.92 Å². The summed E-state index contributed by atoms with van der Waals surface area (Å²) in [5.41, 5.74) is 10.3. The van der Waals surface area contributed by atoms with E-state index in [9.17, 15) is 0 Å². The second-order valence-electron chi connectivity index (χ2n) is 11.5. The molecule has 0 amide bonds. The molecule has 5 aromatic carbocycles. The molecule has 45 heavy (non-hydrogen) atoms. The van der Waals surface area contributed by atoms with Crippen molar-refractivity contribution in [3.63, 3.8) is 0 Å². The Bertz CT molecular complexity index is 2410. The Morgan fingerprint density at radius 3 is 2.24 bits per heavy atom. The van der Waals surface area contributed by atoms with Crippen molar-refractivity contribution in [1.82, 2.24) is 4.98 Å². The van der Waals surface area contributed by atoms with Crippen LogP contribution >= 0.6 is 0 Å². The van der Waals surface area contributed by atoms with Gasteiger partial charge in [0.05, 0.1) is 5.69 Å². The van der Waals surface area contributed by atoms with Gasteiger partial charge in [-0.15, -0.1) is 0 Å². The Labute approximate surface area is 260 Å². The van der Waals surface area contributed by atoms with E-state index in [0.717, 1.165) is 72.9 Å². The largest absolute Gasteiger partial charge is 0.456 e. The molecule has 2 heterocycles. The number of para-hydroxylation sites is 2. The molecule has 7 aromatic rings. The van der Waals surface area contributed by atoms with Crippen LogP contribution in [-0.2, 0) is 0 Å². The van der Waals surface area contributed by atoms with Crippen LogP contribution in [0.1, 0.15) is 6.42 Å². The average Bonchev–Trinajstić information content (AvgIpc) is 3.71. The highest BCUT2D eigenvalue weighted by atomic mass is 16.3. The maximum absolute atomic E-state index is 6.39. The summed E-state index contributed by atoms with van der Waals surface area (Å²) in [5.74, 6) is 0.820. The topological polar surface area (TPSA) is 42.4 Å². The number of oxazole rings is 1. The molecule has 2 aliphatic carbocycles. The van der Waals surface area contributed by atoms with Crippen LogP contribution in [0.4, 0.5) is 11.4 Å². The molecule has 0 spiro atoms. The Morgan fingerprint density at radius 2 is 1.38 bits per heavy atom. The van der Waals surface area contributed by atoms with Crippen molar-refractivity contribution in [2.75, 3.05) is 4.90 Å². The van der Waals surface area contributed by atoms with Crippen LogP contribution < -0.4 is 15.7 Å². The molecule has 2 aliphatic rings. The number of benzene rings is 5. The normalized spacial score (nSPS) is 15.4. The van der Waals surface area contributed by atoms with Crippen LogP contribution in [0.15, 0.2) is 160 Å². The number of aromatic nitrogens is 1. The molecular weight excluding hydrogens is 552 g/mol. The second kappa shape index (κ2) is 10.4. The summed E-state index contributed by atoms with van der Waals surface area (Å²) in [6, 6.07) is 44.1. The van der Waals surface area contributed by atoms with Gasteiger partial charge >= 0.3 is 0 Å². The number of hydrogen-bond donors (Lipinski definition) is 0. The minimum atomic E-state index is 0.162. The van der Waals surface area contributed by atoms with Gasteiger partial charge in [0.1, 0.15) is 16.5 Å². The lowest BCUT2D eigenvalue weighted by Crippen LogP contribution is -2.32. The fraction of sp³-hybridized carbons (Fsp3) is 0.0488. The fourth-order valence-corrected chi connectivity index (χ4v) is 6.67. The van der Waals surface area contributed by atoms with Gasteiger partial charge in [0.25, 0.3) is 0 Å². The van der Waals surface area contributed by atoms with E-state index in [0.29, 0.717) is 5.89 Å². The maximum atomic E-state index is 6.39. The first-order valence-corrected chi connectivity index (χ1v) is 15.3. The van der Waals surface area contributed by atoms with Crippen LogP contribution in [0.5, 0.6) is 0 Å². The van der Waals surface area contributed by atoms with E-state index in [2.05, 4.69) is 114 Å². The van der Waals surface area contributed by atoms with Gasteiger partial charge in [-0.1, -0.05) is 103 Å². The van der Waals surface area contributed by atoms with E-state index in [1.54, 1.807) is 0 Å². The van der Waals surface area contributed by atoms with Crippen LogP contribution in [0.25, 0.3) is 56.2 Å². The second-order valence-corrected chi connectivity index (χ2v) is 11.5. The van der Waals surface area contributed by atoms with Gasteiger partial charge in [0.15, 0.2) is 5.42 Å². The van der Waals surface area contributed by atoms with Crippen molar-refractivity contribution in [2.45, 2.75) is 6.42 Å². The zero-order chi connectivity index (χ0) is 29.7. The third kappa shape index (κ3) is 4.34. The van der Waals surface area contributed by atoms with Crippen molar-refractivity contribution in [3.05, 3.63) is 162 Å². The molecule has 0 radical (unpaired) electrons. The summed E-state index contributed by atoms with van der Waals surface area (Å²) in [4.78, 5) is 7.19. The van der Waals surface area contributed by atoms with Gasteiger partial charge in [-0.2, -0.15) is 0 Å². The molecule has 0 fully saturated rings. The zero-order valence-corrected chi connectivity index (χ0v) is 24.4. The van der Waals surface area contributed by atoms with Crippen molar-refractivity contribution in [2.24, 2.45) is 5.92 Å². The Hall–Kier alpha value is -5.87. The highest BCUT2D eigenvalue weighted by Crippen LogP contribution is 2.42. The number of nitrogens with zero attached hydrogens (tertiary/aromatic N) is 2. The van der Waals surface area contributed by atoms with E-state index in [1.165, 1.54) is 5.56 Å². The van der Waals surface area contributed by atoms with Crippen LogP contribution in [0.3, 0.4) is 0 Å². The molecular formula is C41H28N2O2. The quantitative estimate of drug-likeness (QED) is 0.204. The SMILES string of the molecule is C1=CC2=c3oc(-c4ccccc4)nc3=CCC2C=C1N(c1ccc2c(c1)oc1ccccc12)c1ccccc1-c1ccccc1. The van der Waals surface area contributed by atoms with Gasteiger partial charge in [0.2, 0.25) is 5.89 Å². The van der Waals surface area contributed by atoms with Gasteiger partial charge < -0.3 is 13.7 Å². The molecule has 1 unspecified atom stereocenters. The molecule has 4 nitrogen and oxygen atoms in total. The van der Waals surface area contributed by atoms with Gasteiger partial charge in [-0.3, -0.25) is 0 Å². The van der Waals surface area contributed by atoms with Crippen LogP contribution in [0, 0.1) is 5.92 Å². The molecule has 0 bridgehead atoms. The Morgan fingerprint density at radius 1 is 0.644 bits per heavy atom. The summed E-state index contributed by atoms with van der Waals surface area (Å²) in [6.45, 7) is 0. The number of anilines is 2. The van der Waals surface area contributed by atoms with Crippen molar-refractivity contribution >= 4 is 45.0 Å². The third-order valence-corrected chi connectivity index (χ3v) is 8.81. The van der Waals surface area contributed by atoms with Crippen molar-refractivity contribution in [1.29, 1.82) is 0 Å². The molecule has 0 N–H and O–H groups in total. The van der Waals surface area contributed by atoms with E-state index >= 15 is 0 Å². The Balaban J connectivity index is 1.20. The first-order chi connectivity index (χ1) is 22.3. The van der Waals surface area contributed by atoms with E-state index < -0.39 is 0 Å². The van der Waals surface area contributed by atoms with Crippen molar-refractivity contribution < 1.29 is 8.83 Å². The zero-order valence-electron chi connectivity index (χ0n) is 24.4. The Kier molecular flexibility index (Phi) is 5.91. The molecule has 0 aliphatic heterocycles. The molecule has 214 valence electrons. The summed E-state index contributed by atoms with van der Waals surface area (Å²) < 4.78 is 12.7. The lowest BCUT2D eigenvalue weighted by molar-refractivity contribution is 0.531. The minimum Gasteiger partial charge on any atom is -0.456 e. The van der Waals surface area contributed by atoms with Crippen LogP contribution in [-0.4, -0.2) is 4.98 Å². The predicted molar refractivity (Wildman–Crippen MR) is 182 cm³/mol. The first-order valence-electron chi connectivity index (χ1n) is 15.3. The summed E-state index contributed by atoms with van der Waals surface area (Å²) in [6.07, 6.45) is 9.84. The number of hydrogen-bond acceptors (Lipinski definition) is 4. The summed E-state index contributed by atoms with van der Waals surface area (Å²) in [5, 5.41) is 3.16. The van der Waals surface area contributed by atoms with Gasteiger partial charge in [0, 0.05) is 50.8 Å². The molecule has 2 aromatic heterocycles. The fourth-order valence-electron chi connectivity index (χ4n) is 6.67. The molecule has 9 rings (SSSR count). The van der Waals surface area contributed by atoms with Crippen LogP contribution in [0.2, 0.25) is 0 Å². The standard InChI is InChI=1S/C41H28N2O2/c1-3-11-27(12-4-1)32-15-7-9-17-37(32)43(31-21-23-35-34-16-8-10-18-38(34)44-39(35)26-31)30-20-22-33-29(25-30)19-24-36-40(33)45-41(42-36)28-13-5-2-6-14-28/h1-18,20-26,29H,19H2. The molecule has 4 heteroatoms. The van der Waals surface area contributed by atoms with E-state index in [4.69, 9.17) is 13.8 Å². The number of rotatable bonds is 5. The lowest BCUT2D eigenvalue weighted by Gasteiger charge is -2.31. The molecule has 0 saturated carbocycles. The van der Waals surface area contributed by atoms with Gasteiger partial charge in [-0.05, 0) is 54.5 Å². The minimum absolute atomic E-state index is 0.162. The monoisotopic (exact) mass is 580 g/mol. The smallest absolute Gasteiger partial charge is 0.227 e. The lowest BCUT2D eigenvalue weighted by atomic mass is 9.87. The average molecular weight is 581 g/mol. The number of allylic oxidation sites excluding steroid dienone is 3. The third-order valence-electron chi connectivity index (χ3n) is 8.81. The van der Waals surface area contributed by atoms with E-state index in [1.807, 2.05) is 42.5 Å². The number of furan rings is 1. The predicted octanol–water partition coefficient (Wildman–Crippen LogP) is 9.15. The molecule has 1 atom stereocenters. The summed E-state index contributed by atoms with van der Waals surface area (Å²) >= 11 is 0. The highest BCUT2D eigenvalue weighted by Gasteiger charge is 2.26. The first kappa shape index (κ1) is 25.6. The number of fused-ring (bicyclic) bond motifs is 5.